The van der Waals surface area contributed by atoms with Crippen LogP contribution >= 0.6 is 0 Å². The SMILES string of the molecule is CCN(CC(N)=O)C(=O)Nc1cc(F)c(F)cc1C(=O)O. The number of anilines is 1. The predicted octanol–water partition coefficient (Wildman–Crippen LogP) is 1.00. The van der Waals surface area contributed by atoms with Gasteiger partial charge in [0.2, 0.25) is 5.91 Å². The van der Waals surface area contributed by atoms with Crippen LogP contribution in [0.4, 0.5) is 19.3 Å². The Morgan fingerprint density at radius 2 is 1.86 bits per heavy atom. The number of carbonyl (C=O) groups is 3. The van der Waals surface area contributed by atoms with Crippen molar-refractivity contribution in [3.63, 3.8) is 0 Å². The molecule has 1 rings (SSSR count). The van der Waals surface area contributed by atoms with Crippen LogP contribution in [0.3, 0.4) is 0 Å². The molecule has 0 aliphatic rings. The third-order valence-corrected chi connectivity index (χ3v) is 2.55. The number of primary amides is 1. The molecule has 0 saturated heterocycles. The molecule has 0 aliphatic heterocycles. The first kappa shape index (κ1) is 16.3. The largest absolute Gasteiger partial charge is 0.478 e. The molecular formula is C12H13F2N3O4. The van der Waals surface area contributed by atoms with Gasteiger partial charge in [-0.25, -0.2) is 18.4 Å². The number of rotatable bonds is 5. The Balaban J connectivity index is 3.06. The molecule has 3 amide bonds. The van der Waals surface area contributed by atoms with Crippen molar-refractivity contribution in [2.24, 2.45) is 5.73 Å². The normalized spacial score (nSPS) is 10.0. The highest BCUT2D eigenvalue weighted by atomic mass is 19.2. The maximum atomic E-state index is 13.2. The van der Waals surface area contributed by atoms with Gasteiger partial charge in [-0.05, 0) is 13.0 Å². The lowest BCUT2D eigenvalue weighted by molar-refractivity contribution is -0.118. The topological polar surface area (TPSA) is 113 Å². The number of hydrogen-bond donors (Lipinski definition) is 3. The number of aromatic carboxylic acids is 1. The van der Waals surface area contributed by atoms with Crippen molar-refractivity contribution in [3.8, 4) is 0 Å². The Hall–Kier alpha value is -2.71. The van der Waals surface area contributed by atoms with Gasteiger partial charge in [0.25, 0.3) is 0 Å². The zero-order valence-corrected chi connectivity index (χ0v) is 11.0. The summed E-state index contributed by atoms with van der Waals surface area (Å²) >= 11 is 0. The van der Waals surface area contributed by atoms with Crippen molar-refractivity contribution < 1.29 is 28.3 Å². The number of halogens is 2. The van der Waals surface area contributed by atoms with E-state index in [1.165, 1.54) is 0 Å². The van der Waals surface area contributed by atoms with Crippen LogP contribution in [0.2, 0.25) is 0 Å². The van der Waals surface area contributed by atoms with Gasteiger partial charge in [-0.3, -0.25) is 4.79 Å². The van der Waals surface area contributed by atoms with Crippen LogP contribution in [0, 0.1) is 11.6 Å². The van der Waals surface area contributed by atoms with Crippen molar-refractivity contribution in [3.05, 3.63) is 29.3 Å². The van der Waals surface area contributed by atoms with Gasteiger partial charge < -0.3 is 21.1 Å². The Labute approximate surface area is 118 Å². The monoisotopic (exact) mass is 301 g/mol. The van der Waals surface area contributed by atoms with E-state index < -0.39 is 47.3 Å². The van der Waals surface area contributed by atoms with E-state index in [0.717, 1.165) is 4.90 Å². The van der Waals surface area contributed by atoms with Crippen LogP contribution in [0.25, 0.3) is 0 Å². The summed E-state index contributed by atoms with van der Waals surface area (Å²) in [5.41, 5.74) is 3.92. The second kappa shape index (κ2) is 6.64. The summed E-state index contributed by atoms with van der Waals surface area (Å²) in [6.45, 7) is 1.28. The summed E-state index contributed by atoms with van der Waals surface area (Å²) in [5, 5.41) is 11.0. The molecule has 0 unspecified atom stereocenters. The number of nitrogens with two attached hydrogens (primary N) is 1. The van der Waals surface area contributed by atoms with Crippen molar-refractivity contribution in [1.82, 2.24) is 4.90 Å². The molecule has 7 nitrogen and oxygen atoms in total. The zero-order chi connectivity index (χ0) is 16.2. The third-order valence-electron chi connectivity index (χ3n) is 2.55. The third kappa shape index (κ3) is 4.13. The van der Waals surface area contributed by atoms with E-state index in [1.807, 2.05) is 0 Å². The number of urea groups is 1. The summed E-state index contributed by atoms with van der Waals surface area (Å²) in [5.74, 6) is -4.97. The van der Waals surface area contributed by atoms with Gasteiger partial charge in [-0.1, -0.05) is 0 Å². The fourth-order valence-electron chi connectivity index (χ4n) is 1.54. The van der Waals surface area contributed by atoms with Gasteiger partial charge in [0.15, 0.2) is 11.6 Å². The Morgan fingerprint density at radius 3 is 2.33 bits per heavy atom. The Morgan fingerprint density at radius 1 is 1.29 bits per heavy atom. The number of amides is 3. The number of carbonyl (C=O) groups excluding carboxylic acids is 2. The van der Waals surface area contributed by atoms with Crippen LogP contribution < -0.4 is 11.1 Å². The maximum Gasteiger partial charge on any atom is 0.337 e. The van der Waals surface area contributed by atoms with Gasteiger partial charge in [-0.15, -0.1) is 0 Å². The standard InChI is InChI=1S/C12H13F2N3O4/c1-2-17(5-10(15)18)12(21)16-9-4-8(14)7(13)3-6(9)11(19)20/h3-4H,2,5H2,1H3,(H2,15,18)(H,16,21)(H,19,20). The molecule has 9 heteroatoms. The molecule has 0 radical (unpaired) electrons. The number of hydrogen-bond acceptors (Lipinski definition) is 3. The number of benzene rings is 1. The highest BCUT2D eigenvalue weighted by Gasteiger charge is 2.20. The fourth-order valence-corrected chi connectivity index (χ4v) is 1.54. The van der Waals surface area contributed by atoms with Crippen molar-refractivity contribution in [2.45, 2.75) is 6.92 Å². The van der Waals surface area contributed by atoms with Gasteiger partial charge in [0, 0.05) is 12.6 Å². The molecule has 0 saturated carbocycles. The van der Waals surface area contributed by atoms with E-state index in [-0.39, 0.29) is 6.54 Å². The molecule has 21 heavy (non-hydrogen) atoms. The second-order valence-electron chi connectivity index (χ2n) is 4.03. The van der Waals surface area contributed by atoms with Crippen LogP contribution in [0.1, 0.15) is 17.3 Å². The predicted molar refractivity (Wildman–Crippen MR) is 68.8 cm³/mol. The Kier molecular flexibility index (Phi) is 5.17. The number of carboxylic acid groups (broad SMARTS) is 1. The summed E-state index contributed by atoms with van der Waals surface area (Å²) in [4.78, 5) is 34.6. The molecule has 0 fully saturated rings. The van der Waals surface area contributed by atoms with Gasteiger partial charge in [-0.2, -0.15) is 0 Å². The minimum absolute atomic E-state index is 0.112. The lowest BCUT2D eigenvalue weighted by atomic mass is 10.1. The molecular weight excluding hydrogens is 288 g/mol. The number of nitrogens with zero attached hydrogens (tertiary/aromatic N) is 1. The van der Waals surface area contributed by atoms with Gasteiger partial charge in [0.05, 0.1) is 11.3 Å². The molecule has 0 spiro atoms. The van der Waals surface area contributed by atoms with E-state index in [1.54, 1.807) is 6.92 Å². The van der Waals surface area contributed by atoms with E-state index in [2.05, 4.69) is 5.32 Å². The first-order valence-corrected chi connectivity index (χ1v) is 5.82. The van der Waals surface area contributed by atoms with Crippen LogP contribution in [-0.4, -0.2) is 41.0 Å². The lowest BCUT2D eigenvalue weighted by Crippen LogP contribution is -2.41. The maximum absolute atomic E-state index is 13.2. The molecule has 1 aromatic carbocycles. The van der Waals surface area contributed by atoms with Crippen molar-refractivity contribution in [2.75, 3.05) is 18.4 Å². The number of nitrogens with one attached hydrogen (secondary N) is 1. The second-order valence-corrected chi connectivity index (χ2v) is 4.03. The molecule has 0 aromatic heterocycles. The van der Waals surface area contributed by atoms with Gasteiger partial charge >= 0.3 is 12.0 Å². The first-order valence-electron chi connectivity index (χ1n) is 5.82. The molecule has 114 valence electrons. The summed E-state index contributed by atoms with van der Waals surface area (Å²) in [6.07, 6.45) is 0. The van der Waals surface area contributed by atoms with E-state index >= 15 is 0 Å². The van der Waals surface area contributed by atoms with E-state index in [4.69, 9.17) is 10.8 Å². The molecule has 0 atom stereocenters. The number of likely N-dealkylation sites (N-methyl/N-ethyl adjacent to an activating group) is 1. The zero-order valence-electron chi connectivity index (χ0n) is 11.0. The summed E-state index contributed by atoms with van der Waals surface area (Å²) in [6, 6.07) is 0.150. The van der Waals surface area contributed by atoms with Crippen LogP contribution in [0.15, 0.2) is 12.1 Å². The summed E-state index contributed by atoms with van der Waals surface area (Å²) in [7, 11) is 0. The fraction of sp³-hybridized carbons (Fsp3) is 0.250. The minimum atomic E-state index is -1.54. The van der Waals surface area contributed by atoms with Crippen molar-refractivity contribution in [1.29, 1.82) is 0 Å². The lowest BCUT2D eigenvalue weighted by Gasteiger charge is -2.20. The van der Waals surface area contributed by atoms with Gasteiger partial charge in [0.1, 0.15) is 6.54 Å². The molecule has 0 aliphatic carbocycles. The van der Waals surface area contributed by atoms with E-state index in [0.29, 0.717) is 12.1 Å². The highest BCUT2D eigenvalue weighted by Crippen LogP contribution is 2.20. The number of carboxylic acids is 1. The minimum Gasteiger partial charge on any atom is -0.478 e. The average molecular weight is 301 g/mol. The van der Waals surface area contributed by atoms with Crippen LogP contribution in [-0.2, 0) is 4.79 Å². The highest BCUT2D eigenvalue weighted by molar-refractivity contribution is 6.00. The van der Waals surface area contributed by atoms with E-state index in [9.17, 15) is 23.2 Å². The molecule has 0 bridgehead atoms. The van der Waals surface area contributed by atoms with Crippen LogP contribution in [0.5, 0.6) is 0 Å². The summed E-state index contributed by atoms with van der Waals surface area (Å²) < 4.78 is 26.2. The molecule has 4 N–H and O–H groups in total. The first-order chi connectivity index (χ1) is 9.76. The molecule has 0 heterocycles. The average Bonchev–Trinajstić information content (AvgIpc) is 2.39. The molecule has 1 aromatic rings. The Bertz CT molecular complexity index is 592. The quantitative estimate of drug-likeness (QED) is 0.753. The smallest absolute Gasteiger partial charge is 0.337 e. The van der Waals surface area contributed by atoms with Crippen molar-refractivity contribution >= 4 is 23.6 Å².